The van der Waals surface area contributed by atoms with Gasteiger partial charge in [0.2, 0.25) is 0 Å². The molecule has 0 radical (unpaired) electrons. The molecule has 0 saturated carbocycles. The molecule has 1 unspecified atom stereocenters. The highest BCUT2D eigenvalue weighted by Crippen LogP contribution is 2.45. The van der Waals surface area contributed by atoms with Gasteiger partial charge in [-0.1, -0.05) is 40.8 Å². The van der Waals surface area contributed by atoms with Crippen molar-refractivity contribution in [2.24, 2.45) is 0 Å². The van der Waals surface area contributed by atoms with Crippen LogP contribution in [0.2, 0.25) is 0 Å². The summed E-state index contributed by atoms with van der Waals surface area (Å²) in [5.74, 6) is 0.0267. The highest BCUT2D eigenvalue weighted by molar-refractivity contribution is 14.1. The maximum Gasteiger partial charge on any atom is 0.326 e. The largest absolute Gasteiger partial charge is 0.468 e. The summed E-state index contributed by atoms with van der Waals surface area (Å²) in [4.78, 5) is 11.3. The number of esters is 1. The van der Waals surface area contributed by atoms with Crippen molar-refractivity contribution in [1.29, 1.82) is 0 Å². The van der Waals surface area contributed by atoms with Crippen molar-refractivity contribution in [3.05, 3.63) is 30.3 Å². The van der Waals surface area contributed by atoms with Gasteiger partial charge in [-0.05, 0) is 19.1 Å². The van der Waals surface area contributed by atoms with E-state index >= 15 is 0 Å². The summed E-state index contributed by atoms with van der Waals surface area (Å²) in [5.41, 5.74) is 0. The highest BCUT2D eigenvalue weighted by atomic mass is 127. The van der Waals surface area contributed by atoms with Gasteiger partial charge in [0.1, 0.15) is 16.0 Å². The lowest BCUT2D eigenvalue weighted by atomic mass is 10.3. The van der Waals surface area contributed by atoms with E-state index in [1.807, 2.05) is 28.7 Å². The summed E-state index contributed by atoms with van der Waals surface area (Å²) >= 11 is 1.96. The number of hydrogen-bond acceptors (Lipinski definition) is 4. The Hall–Kier alpha value is -0.590. The summed E-state index contributed by atoms with van der Waals surface area (Å²) in [6.45, 7) is 1.58. The van der Waals surface area contributed by atoms with E-state index in [4.69, 9.17) is 4.52 Å². The number of nitrogens with one attached hydrogen (secondary N) is 1. The van der Waals surface area contributed by atoms with Crippen LogP contribution in [-0.4, -0.2) is 23.3 Å². The zero-order valence-electron chi connectivity index (χ0n) is 10.1. The average Bonchev–Trinajstić information content (AvgIpc) is 2.38. The lowest BCUT2D eigenvalue weighted by Crippen LogP contribution is -2.34. The van der Waals surface area contributed by atoms with E-state index in [0.29, 0.717) is 5.75 Å². The smallest absolute Gasteiger partial charge is 0.326 e. The fourth-order valence-electron chi connectivity index (χ4n) is 1.26. The van der Waals surface area contributed by atoms with Crippen LogP contribution in [0.15, 0.2) is 30.3 Å². The summed E-state index contributed by atoms with van der Waals surface area (Å²) in [6, 6.07) is 8.16. The van der Waals surface area contributed by atoms with Crippen LogP contribution in [0.5, 0.6) is 5.75 Å². The molecule has 1 N–H and O–H groups in total. The first-order valence-electron chi connectivity index (χ1n) is 5.26. The number of ether oxygens (including phenoxy) is 1. The number of rotatable bonds is 6. The number of hydrogen-bond donors (Lipinski definition) is 1. The van der Waals surface area contributed by atoms with E-state index in [2.05, 4.69) is 9.82 Å². The van der Waals surface area contributed by atoms with Crippen molar-refractivity contribution in [2.75, 3.05) is 11.3 Å². The Morgan fingerprint density at radius 3 is 2.56 bits per heavy atom. The Morgan fingerprint density at radius 1 is 1.44 bits per heavy atom. The molecule has 2 atom stereocenters. The van der Waals surface area contributed by atoms with Crippen molar-refractivity contribution in [3.63, 3.8) is 0 Å². The molecule has 0 fully saturated rings. The third-order valence-electron chi connectivity index (χ3n) is 2.10. The molecule has 0 saturated heterocycles. The molecule has 1 aromatic rings. The van der Waals surface area contributed by atoms with Gasteiger partial charge in [-0.15, -0.1) is 0 Å². The van der Waals surface area contributed by atoms with Crippen LogP contribution in [0.1, 0.15) is 6.92 Å². The van der Waals surface area contributed by atoms with Crippen LogP contribution in [0.4, 0.5) is 0 Å². The number of alkyl halides is 1. The summed E-state index contributed by atoms with van der Waals surface area (Å²) < 4.78 is 22.7. The van der Waals surface area contributed by atoms with E-state index in [-0.39, 0.29) is 4.17 Å². The van der Waals surface area contributed by atoms with Gasteiger partial charge in [0.05, 0.1) is 7.11 Å². The van der Waals surface area contributed by atoms with Crippen LogP contribution in [0, 0.1) is 0 Å². The Bertz CT molecular complexity index is 440. The van der Waals surface area contributed by atoms with E-state index in [9.17, 15) is 9.36 Å². The second-order valence-corrected chi connectivity index (χ2v) is 7.64. The predicted octanol–water partition coefficient (Wildman–Crippen LogP) is 2.80. The van der Waals surface area contributed by atoms with Crippen molar-refractivity contribution in [3.8, 4) is 5.75 Å². The molecule has 0 spiro atoms. The molecule has 1 rings (SSSR count). The number of carbonyl (C=O) groups is 1. The van der Waals surface area contributed by atoms with E-state index in [1.54, 1.807) is 31.2 Å². The van der Waals surface area contributed by atoms with Gasteiger partial charge in [0.25, 0.3) is 0 Å². The molecule has 1 aromatic carbocycles. The molecule has 0 heterocycles. The molecule has 0 aliphatic carbocycles. The Labute approximate surface area is 120 Å². The first-order valence-corrected chi connectivity index (χ1v) is 8.59. The molecular weight excluding hydrogens is 368 g/mol. The monoisotopic (exact) mass is 383 g/mol. The quantitative estimate of drug-likeness (QED) is 0.354. The fraction of sp³-hybridized carbons (Fsp3) is 0.364. The lowest BCUT2D eigenvalue weighted by molar-refractivity contribution is -0.142. The van der Waals surface area contributed by atoms with Crippen LogP contribution >= 0.6 is 30.1 Å². The number of benzene rings is 1. The minimum atomic E-state index is -3.11. The minimum absolute atomic E-state index is 0.251. The third-order valence-corrected chi connectivity index (χ3v) is 6.39. The van der Waals surface area contributed by atoms with Crippen LogP contribution in [0.3, 0.4) is 0 Å². The van der Waals surface area contributed by atoms with Gasteiger partial charge >= 0.3 is 13.5 Å². The summed E-state index contributed by atoms with van der Waals surface area (Å²) in [5, 5.41) is 2.69. The van der Waals surface area contributed by atoms with Crippen LogP contribution in [-0.2, 0) is 14.1 Å². The molecule has 18 heavy (non-hydrogen) atoms. The first kappa shape index (κ1) is 15.5. The molecule has 0 aliphatic heterocycles. The zero-order chi connectivity index (χ0) is 13.6. The molecule has 0 aromatic heterocycles. The fourth-order valence-corrected chi connectivity index (χ4v) is 3.60. The Morgan fingerprint density at radius 2 is 2.06 bits per heavy atom. The molecular formula is C11H15INO4P. The molecule has 7 heteroatoms. The third kappa shape index (κ3) is 4.59. The number of carbonyl (C=O) groups excluding carboxylic acids is 1. The van der Waals surface area contributed by atoms with Crippen molar-refractivity contribution < 1.29 is 18.6 Å². The standard InChI is InChI=1S/C11H15INO4P/c1-9(11(14)16-2)13-18(15,8-12)17-10-6-4-3-5-7-10/h3-7,9H,8H2,1-2H3,(H,13,15)/t9-,18?/m0/s1. The Balaban J connectivity index is 2.74. The van der Waals surface area contributed by atoms with E-state index in [1.165, 1.54) is 7.11 Å². The molecule has 100 valence electrons. The Kier molecular flexibility index (Phi) is 6.11. The number of para-hydroxylation sites is 1. The lowest BCUT2D eigenvalue weighted by Gasteiger charge is -2.21. The van der Waals surface area contributed by atoms with Crippen molar-refractivity contribution in [1.82, 2.24) is 5.09 Å². The van der Waals surface area contributed by atoms with Crippen LogP contribution in [0.25, 0.3) is 0 Å². The average molecular weight is 383 g/mol. The van der Waals surface area contributed by atoms with Gasteiger partial charge in [-0.2, -0.15) is 0 Å². The van der Waals surface area contributed by atoms with Crippen molar-refractivity contribution in [2.45, 2.75) is 13.0 Å². The summed E-state index contributed by atoms with van der Waals surface area (Å²) in [7, 11) is -1.82. The van der Waals surface area contributed by atoms with E-state index in [0.717, 1.165) is 0 Å². The van der Waals surface area contributed by atoms with Gasteiger partial charge in [-0.25, -0.2) is 5.09 Å². The maximum atomic E-state index is 12.4. The highest BCUT2D eigenvalue weighted by Gasteiger charge is 2.28. The number of halogens is 1. The maximum absolute atomic E-state index is 12.4. The number of methoxy groups -OCH3 is 1. The first-order chi connectivity index (χ1) is 8.50. The normalized spacial score (nSPS) is 15.5. The summed E-state index contributed by atoms with van der Waals surface area (Å²) in [6.07, 6.45) is 0. The predicted molar refractivity (Wildman–Crippen MR) is 78.2 cm³/mol. The van der Waals surface area contributed by atoms with Gasteiger partial charge in [0, 0.05) is 0 Å². The van der Waals surface area contributed by atoms with Crippen molar-refractivity contribution >= 4 is 36.1 Å². The SMILES string of the molecule is COC(=O)[C@H](C)NP(=O)(CI)Oc1ccccc1. The minimum Gasteiger partial charge on any atom is -0.468 e. The second-order valence-electron chi connectivity index (χ2n) is 3.57. The molecule has 0 amide bonds. The molecule has 0 aliphatic rings. The van der Waals surface area contributed by atoms with Gasteiger partial charge in [0.15, 0.2) is 0 Å². The molecule has 5 nitrogen and oxygen atoms in total. The van der Waals surface area contributed by atoms with Crippen LogP contribution < -0.4 is 9.61 Å². The zero-order valence-corrected chi connectivity index (χ0v) is 13.2. The second kappa shape index (κ2) is 7.11. The topological polar surface area (TPSA) is 64.6 Å². The van der Waals surface area contributed by atoms with Gasteiger partial charge in [-0.3, -0.25) is 9.36 Å². The molecule has 0 bridgehead atoms. The van der Waals surface area contributed by atoms with E-state index < -0.39 is 19.5 Å². The van der Waals surface area contributed by atoms with Gasteiger partial charge < -0.3 is 9.26 Å².